The molecule has 4 nitrogen and oxygen atoms in total. The van der Waals surface area contributed by atoms with Gasteiger partial charge in [-0.1, -0.05) is 73.1 Å². The predicted octanol–water partition coefficient (Wildman–Crippen LogP) is 5.87. The van der Waals surface area contributed by atoms with Gasteiger partial charge in [-0.3, -0.25) is 4.79 Å². The molecular weight excluding hydrogens is 400 g/mol. The molecule has 186 valence electrons. The maximum absolute atomic E-state index is 11.8. The number of ketones is 1. The standard InChI is InChI=1S/C28H50O4/c1-11-17(3)13-19(5)26(30)21(7)15-23(9)28(32)24(10)16-22(8)27(31)20(6)14-18(4)25(29)12-2/h14-17,19-21,24,26-28,30-32H,11-13H2,1-10H3/b18-14+,22-16+,23-15+/t17-,19-,20-,21-,24-,26+,27-,28+/m0/s1. The van der Waals surface area contributed by atoms with Gasteiger partial charge >= 0.3 is 0 Å². The van der Waals surface area contributed by atoms with Crippen molar-refractivity contribution < 1.29 is 20.1 Å². The summed E-state index contributed by atoms with van der Waals surface area (Å²) in [4.78, 5) is 11.8. The largest absolute Gasteiger partial charge is 0.392 e. The van der Waals surface area contributed by atoms with Crippen molar-refractivity contribution in [2.75, 3.05) is 0 Å². The number of carbonyl (C=O) groups excluding carboxylic acids is 1. The molecule has 0 aromatic rings. The molecule has 0 radical (unpaired) electrons. The van der Waals surface area contributed by atoms with E-state index >= 15 is 0 Å². The third-order valence-corrected chi connectivity index (χ3v) is 6.85. The number of aliphatic hydroxyl groups excluding tert-OH is 3. The summed E-state index contributed by atoms with van der Waals surface area (Å²) in [6, 6.07) is 0. The van der Waals surface area contributed by atoms with Gasteiger partial charge in [-0.25, -0.2) is 0 Å². The van der Waals surface area contributed by atoms with Crippen LogP contribution in [-0.4, -0.2) is 39.4 Å². The van der Waals surface area contributed by atoms with Gasteiger partial charge in [0.15, 0.2) is 5.78 Å². The summed E-state index contributed by atoms with van der Waals surface area (Å²) in [5.41, 5.74) is 2.28. The summed E-state index contributed by atoms with van der Waals surface area (Å²) in [5.74, 6) is 0.458. The molecule has 4 heteroatoms. The summed E-state index contributed by atoms with van der Waals surface area (Å²) >= 11 is 0. The van der Waals surface area contributed by atoms with Crippen LogP contribution in [0.2, 0.25) is 0 Å². The van der Waals surface area contributed by atoms with Gasteiger partial charge in [0.25, 0.3) is 0 Å². The minimum absolute atomic E-state index is 0.0455. The molecule has 0 aliphatic rings. The van der Waals surface area contributed by atoms with Crippen LogP contribution in [0.25, 0.3) is 0 Å². The first-order chi connectivity index (χ1) is 14.8. The second-order valence-corrected chi connectivity index (χ2v) is 10.1. The second kappa shape index (κ2) is 14.8. The number of aliphatic hydroxyl groups is 3. The number of carbonyl (C=O) groups is 1. The van der Waals surface area contributed by atoms with Crippen LogP contribution >= 0.6 is 0 Å². The summed E-state index contributed by atoms with van der Waals surface area (Å²) in [7, 11) is 0. The topological polar surface area (TPSA) is 77.8 Å². The number of rotatable bonds is 14. The molecule has 0 aromatic heterocycles. The lowest BCUT2D eigenvalue weighted by atomic mass is 9.84. The Kier molecular flexibility index (Phi) is 14.3. The maximum Gasteiger partial charge on any atom is 0.157 e. The Bertz CT molecular complexity index is 660. The summed E-state index contributed by atoms with van der Waals surface area (Å²) in [5, 5.41) is 32.2. The third-order valence-electron chi connectivity index (χ3n) is 6.85. The quantitative estimate of drug-likeness (QED) is 0.228. The van der Waals surface area contributed by atoms with Crippen molar-refractivity contribution in [2.45, 2.75) is 107 Å². The van der Waals surface area contributed by atoms with Crippen LogP contribution in [0.1, 0.15) is 88.5 Å². The molecule has 0 saturated carbocycles. The molecule has 0 unspecified atom stereocenters. The van der Waals surface area contributed by atoms with E-state index in [2.05, 4.69) is 20.8 Å². The highest BCUT2D eigenvalue weighted by molar-refractivity contribution is 5.94. The highest BCUT2D eigenvalue weighted by Crippen LogP contribution is 2.26. The first-order valence-corrected chi connectivity index (χ1v) is 12.4. The fourth-order valence-corrected chi connectivity index (χ4v) is 4.36. The lowest BCUT2D eigenvalue weighted by Crippen LogP contribution is -2.27. The van der Waals surface area contributed by atoms with Crippen molar-refractivity contribution in [1.29, 1.82) is 0 Å². The Balaban J connectivity index is 5.21. The Morgan fingerprint density at radius 3 is 1.62 bits per heavy atom. The smallest absolute Gasteiger partial charge is 0.157 e. The Morgan fingerprint density at radius 2 is 1.19 bits per heavy atom. The molecule has 0 rings (SSSR count). The highest BCUT2D eigenvalue weighted by atomic mass is 16.3. The molecule has 0 amide bonds. The van der Waals surface area contributed by atoms with Gasteiger partial charge in [0, 0.05) is 24.2 Å². The van der Waals surface area contributed by atoms with Crippen molar-refractivity contribution in [3.63, 3.8) is 0 Å². The van der Waals surface area contributed by atoms with E-state index in [1.807, 2.05) is 59.8 Å². The van der Waals surface area contributed by atoms with Crippen LogP contribution < -0.4 is 0 Å². The molecular formula is C28H50O4. The molecule has 0 aliphatic carbocycles. The third kappa shape index (κ3) is 10.1. The van der Waals surface area contributed by atoms with E-state index in [-0.39, 0.29) is 29.5 Å². The Morgan fingerprint density at radius 1 is 0.750 bits per heavy atom. The van der Waals surface area contributed by atoms with Crippen LogP contribution in [0.3, 0.4) is 0 Å². The van der Waals surface area contributed by atoms with Gasteiger partial charge in [-0.15, -0.1) is 0 Å². The van der Waals surface area contributed by atoms with Crippen LogP contribution in [0.15, 0.2) is 34.9 Å². The normalized spacial score (nSPS) is 21.3. The molecule has 0 saturated heterocycles. The van der Waals surface area contributed by atoms with E-state index in [1.165, 1.54) is 0 Å². The average molecular weight is 451 g/mol. The monoisotopic (exact) mass is 450 g/mol. The minimum atomic E-state index is -0.712. The molecule has 0 aromatic carbocycles. The molecule has 0 aliphatic heterocycles. The molecule has 32 heavy (non-hydrogen) atoms. The van der Waals surface area contributed by atoms with E-state index < -0.39 is 18.3 Å². The van der Waals surface area contributed by atoms with Crippen LogP contribution in [0.5, 0.6) is 0 Å². The lowest BCUT2D eigenvalue weighted by Gasteiger charge is -2.27. The van der Waals surface area contributed by atoms with Crippen LogP contribution in [0.4, 0.5) is 0 Å². The highest BCUT2D eigenvalue weighted by Gasteiger charge is 2.23. The lowest BCUT2D eigenvalue weighted by molar-refractivity contribution is -0.115. The number of hydrogen-bond donors (Lipinski definition) is 3. The first kappa shape index (κ1) is 30.8. The second-order valence-electron chi connectivity index (χ2n) is 10.1. The van der Waals surface area contributed by atoms with Gasteiger partial charge in [0.1, 0.15) is 0 Å². The number of Topliss-reactive ketones (excluding diaryl/α,β-unsaturated/α-hetero) is 1. The number of allylic oxidation sites excluding steroid dienone is 1. The zero-order valence-corrected chi connectivity index (χ0v) is 22.2. The molecule has 8 atom stereocenters. The van der Waals surface area contributed by atoms with Crippen molar-refractivity contribution >= 4 is 5.78 Å². The van der Waals surface area contributed by atoms with Crippen molar-refractivity contribution in [2.24, 2.45) is 29.6 Å². The van der Waals surface area contributed by atoms with Gasteiger partial charge in [-0.05, 0) is 55.7 Å². The van der Waals surface area contributed by atoms with Gasteiger partial charge in [0.05, 0.1) is 18.3 Å². The Hall–Kier alpha value is -1.23. The van der Waals surface area contributed by atoms with Gasteiger partial charge in [-0.2, -0.15) is 0 Å². The molecule has 0 bridgehead atoms. The van der Waals surface area contributed by atoms with E-state index in [9.17, 15) is 20.1 Å². The fourth-order valence-electron chi connectivity index (χ4n) is 4.36. The maximum atomic E-state index is 11.8. The molecule has 0 heterocycles. The van der Waals surface area contributed by atoms with Crippen LogP contribution in [0, 0.1) is 29.6 Å². The summed E-state index contributed by atoms with van der Waals surface area (Å²) < 4.78 is 0. The van der Waals surface area contributed by atoms with Gasteiger partial charge in [0.2, 0.25) is 0 Å². The van der Waals surface area contributed by atoms with Gasteiger partial charge < -0.3 is 15.3 Å². The Labute approximate surface area is 197 Å². The predicted molar refractivity (Wildman–Crippen MR) is 135 cm³/mol. The SMILES string of the molecule is CCC(=O)/C(C)=C/[C@H](C)[C@H](O)/C(C)=C/[C@H](C)[C@H](O)/C(C)=C/[C@H](C)[C@H](O)[C@@H](C)C[C@@H](C)CC. The minimum Gasteiger partial charge on any atom is -0.392 e. The van der Waals surface area contributed by atoms with Crippen LogP contribution in [-0.2, 0) is 4.79 Å². The average Bonchev–Trinajstić information content (AvgIpc) is 2.75. The number of hydrogen-bond acceptors (Lipinski definition) is 4. The zero-order valence-electron chi connectivity index (χ0n) is 22.2. The van der Waals surface area contributed by atoms with E-state index in [4.69, 9.17) is 0 Å². The molecule has 3 N–H and O–H groups in total. The fraction of sp³-hybridized carbons (Fsp3) is 0.750. The first-order valence-electron chi connectivity index (χ1n) is 12.4. The van der Waals surface area contributed by atoms with E-state index in [1.54, 1.807) is 6.92 Å². The van der Waals surface area contributed by atoms with E-state index in [0.717, 1.165) is 24.0 Å². The zero-order chi connectivity index (χ0) is 25.2. The van der Waals surface area contributed by atoms with Crippen molar-refractivity contribution in [3.8, 4) is 0 Å². The molecule has 0 spiro atoms. The van der Waals surface area contributed by atoms with E-state index in [0.29, 0.717) is 17.9 Å². The summed E-state index contributed by atoms with van der Waals surface area (Å²) in [6.07, 6.45) is 6.41. The van der Waals surface area contributed by atoms with Crippen molar-refractivity contribution in [1.82, 2.24) is 0 Å². The molecule has 0 fully saturated rings. The van der Waals surface area contributed by atoms with Crippen molar-refractivity contribution in [3.05, 3.63) is 34.9 Å². The summed E-state index contributed by atoms with van der Waals surface area (Å²) in [6.45, 7) is 19.7.